The highest BCUT2D eigenvalue weighted by atomic mass is 35.5. The molecule has 1 heterocycles. The van der Waals surface area contributed by atoms with Crippen LogP contribution in [-0.2, 0) is 9.53 Å². The summed E-state index contributed by atoms with van der Waals surface area (Å²) in [7, 11) is 0. The van der Waals surface area contributed by atoms with Crippen LogP contribution >= 0.6 is 11.6 Å². The zero-order chi connectivity index (χ0) is 12.4. The summed E-state index contributed by atoms with van der Waals surface area (Å²) in [5.74, 6) is -1.89. The molecule has 0 aliphatic carbocycles. The van der Waals surface area contributed by atoms with Gasteiger partial charge >= 0.3 is 0 Å². The molecule has 0 saturated heterocycles. The molecule has 0 saturated carbocycles. The third-order valence-electron chi connectivity index (χ3n) is 2.47. The van der Waals surface area contributed by atoms with Crippen LogP contribution in [0.4, 0.5) is 10.1 Å². The number of ether oxygens (including phenoxy) is 1. The lowest BCUT2D eigenvalue weighted by atomic mass is 10.1. The molecule has 1 amide bonds. The van der Waals surface area contributed by atoms with Crippen molar-refractivity contribution in [2.24, 2.45) is 0 Å². The highest BCUT2D eigenvalue weighted by molar-refractivity contribution is 6.52. The van der Waals surface area contributed by atoms with Gasteiger partial charge in [-0.1, -0.05) is 11.6 Å². The van der Waals surface area contributed by atoms with Crippen LogP contribution in [0.3, 0.4) is 0 Å². The minimum absolute atomic E-state index is 0.0201. The normalized spacial score (nSPS) is 14.4. The summed E-state index contributed by atoms with van der Waals surface area (Å²) >= 11 is 5.33. The maximum atomic E-state index is 13.0. The van der Waals surface area contributed by atoms with Crippen LogP contribution in [0.15, 0.2) is 18.2 Å². The zero-order valence-electron chi connectivity index (χ0n) is 8.78. The minimum Gasteiger partial charge on any atom is -0.364 e. The number of carbonyl (C=O) groups excluding carboxylic acids is 2. The van der Waals surface area contributed by atoms with E-state index in [1.807, 2.05) is 0 Å². The van der Waals surface area contributed by atoms with Crippen LogP contribution in [0.2, 0.25) is 0 Å². The number of hydrogen-bond donors (Lipinski definition) is 0. The third kappa shape index (κ3) is 2.16. The van der Waals surface area contributed by atoms with Crippen molar-refractivity contribution in [3.05, 3.63) is 29.6 Å². The van der Waals surface area contributed by atoms with E-state index in [2.05, 4.69) is 0 Å². The number of anilines is 1. The Morgan fingerprint density at radius 1 is 1.35 bits per heavy atom. The van der Waals surface area contributed by atoms with Crippen LogP contribution in [0.1, 0.15) is 10.4 Å². The van der Waals surface area contributed by atoms with E-state index >= 15 is 0 Å². The third-order valence-corrected chi connectivity index (χ3v) is 2.62. The van der Waals surface area contributed by atoms with Gasteiger partial charge in [-0.15, -0.1) is 0 Å². The molecule has 0 bridgehead atoms. The number of hydrogen-bond acceptors (Lipinski definition) is 3. The molecule has 90 valence electrons. The topological polar surface area (TPSA) is 46.6 Å². The minimum atomic E-state index is -0.689. The fourth-order valence-electron chi connectivity index (χ4n) is 1.71. The molecule has 0 unspecified atom stereocenters. The van der Waals surface area contributed by atoms with E-state index in [9.17, 15) is 14.0 Å². The van der Waals surface area contributed by atoms with Gasteiger partial charge in [0.2, 0.25) is 0 Å². The Hall–Kier alpha value is -1.46. The fourth-order valence-corrected chi connectivity index (χ4v) is 1.81. The number of alkyl halides is 1. The highest BCUT2D eigenvalue weighted by Crippen LogP contribution is 2.29. The highest BCUT2D eigenvalue weighted by Gasteiger charge is 2.35. The number of halogens is 2. The Morgan fingerprint density at radius 2 is 2.12 bits per heavy atom. The molecule has 1 aliphatic rings. The van der Waals surface area contributed by atoms with Gasteiger partial charge in [0.1, 0.15) is 11.9 Å². The molecular formula is C11H9ClFNO3. The van der Waals surface area contributed by atoms with Gasteiger partial charge in [0.15, 0.2) is 0 Å². The molecule has 0 aromatic heterocycles. The largest absolute Gasteiger partial charge is 0.364 e. The van der Waals surface area contributed by atoms with E-state index in [4.69, 9.17) is 16.3 Å². The molecule has 0 N–H and O–H groups in total. The van der Waals surface area contributed by atoms with Crippen molar-refractivity contribution in [3.8, 4) is 0 Å². The fraction of sp³-hybridized carbons (Fsp3) is 0.273. The zero-order valence-corrected chi connectivity index (χ0v) is 9.54. The first-order valence-electron chi connectivity index (χ1n) is 4.94. The summed E-state index contributed by atoms with van der Waals surface area (Å²) in [6.45, 7) is 0.440. The van der Waals surface area contributed by atoms with Crippen LogP contribution in [0.25, 0.3) is 0 Å². The number of amides is 1. The Morgan fingerprint density at radius 3 is 2.82 bits per heavy atom. The maximum Gasteiger partial charge on any atom is 0.299 e. The first kappa shape index (κ1) is 12.0. The van der Waals surface area contributed by atoms with Gasteiger partial charge in [0, 0.05) is 6.54 Å². The van der Waals surface area contributed by atoms with E-state index in [0.29, 0.717) is 5.69 Å². The van der Waals surface area contributed by atoms with Crippen LogP contribution in [-0.4, -0.2) is 30.9 Å². The summed E-state index contributed by atoms with van der Waals surface area (Å²) < 4.78 is 17.9. The molecule has 0 fully saturated rings. The number of fused-ring (bicyclic) bond motifs is 1. The van der Waals surface area contributed by atoms with Crippen LogP contribution < -0.4 is 4.90 Å². The first-order valence-corrected chi connectivity index (χ1v) is 5.48. The first-order chi connectivity index (χ1) is 8.15. The van der Waals surface area contributed by atoms with Crippen molar-refractivity contribution in [2.45, 2.75) is 0 Å². The van der Waals surface area contributed by atoms with E-state index in [1.54, 1.807) is 0 Å². The summed E-state index contributed by atoms with van der Waals surface area (Å²) in [6.07, 6.45) is 0. The van der Waals surface area contributed by atoms with Gasteiger partial charge in [-0.3, -0.25) is 9.59 Å². The number of benzene rings is 1. The van der Waals surface area contributed by atoms with Crippen molar-refractivity contribution < 1.29 is 18.7 Å². The van der Waals surface area contributed by atoms with E-state index < -0.39 is 17.5 Å². The smallest absolute Gasteiger partial charge is 0.299 e. The van der Waals surface area contributed by atoms with Crippen molar-refractivity contribution in [3.63, 3.8) is 0 Å². The SMILES string of the molecule is O=C1C(=O)N(CCOCCl)c2ccc(F)cc21. The molecule has 1 aromatic carbocycles. The lowest BCUT2D eigenvalue weighted by Gasteiger charge is -2.15. The van der Waals surface area contributed by atoms with Gasteiger partial charge in [0.05, 0.1) is 17.9 Å². The average molecular weight is 258 g/mol. The summed E-state index contributed by atoms with van der Waals surface area (Å²) in [6, 6.07) is 3.71. The van der Waals surface area contributed by atoms with Crippen LogP contribution in [0.5, 0.6) is 0 Å². The Labute approximate surface area is 102 Å². The molecule has 0 atom stereocenters. The molecule has 2 rings (SSSR count). The van der Waals surface area contributed by atoms with Crippen LogP contribution in [0, 0.1) is 5.82 Å². The van der Waals surface area contributed by atoms with E-state index in [0.717, 1.165) is 6.07 Å². The number of rotatable bonds is 4. The second kappa shape index (κ2) is 4.81. The maximum absolute atomic E-state index is 13.0. The number of Topliss-reactive ketones (excluding diaryl/α,β-unsaturated/α-hetero) is 1. The number of ketones is 1. The lowest BCUT2D eigenvalue weighted by molar-refractivity contribution is -0.114. The Balaban J connectivity index is 2.25. The molecular weight excluding hydrogens is 249 g/mol. The van der Waals surface area contributed by atoms with E-state index in [1.165, 1.54) is 17.0 Å². The lowest BCUT2D eigenvalue weighted by Crippen LogP contribution is -2.32. The molecule has 1 aliphatic heterocycles. The molecule has 0 radical (unpaired) electrons. The Bertz CT molecular complexity index is 478. The van der Waals surface area contributed by atoms with Crippen molar-refractivity contribution in [1.29, 1.82) is 0 Å². The van der Waals surface area contributed by atoms with Gasteiger partial charge in [-0.25, -0.2) is 4.39 Å². The van der Waals surface area contributed by atoms with Gasteiger partial charge in [-0.2, -0.15) is 0 Å². The molecule has 1 aromatic rings. The van der Waals surface area contributed by atoms with E-state index in [-0.39, 0.29) is 24.8 Å². The second-order valence-electron chi connectivity index (χ2n) is 3.46. The predicted octanol–water partition coefficient (Wildman–Crippen LogP) is 1.57. The second-order valence-corrected chi connectivity index (χ2v) is 3.68. The van der Waals surface area contributed by atoms with Crippen molar-refractivity contribution >= 4 is 29.0 Å². The van der Waals surface area contributed by atoms with Gasteiger partial charge in [-0.05, 0) is 18.2 Å². The molecule has 4 nitrogen and oxygen atoms in total. The monoisotopic (exact) mass is 257 g/mol. The molecule has 17 heavy (non-hydrogen) atoms. The predicted molar refractivity (Wildman–Crippen MR) is 59.8 cm³/mol. The number of nitrogens with zero attached hydrogens (tertiary/aromatic N) is 1. The quantitative estimate of drug-likeness (QED) is 0.467. The summed E-state index contributed by atoms with van der Waals surface area (Å²) in [4.78, 5) is 24.5. The van der Waals surface area contributed by atoms with Gasteiger partial charge < -0.3 is 9.64 Å². The van der Waals surface area contributed by atoms with Crippen molar-refractivity contribution in [1.82, 2.24) is 0 Å². The summed E-state index contributed by atoms with van der Waals surface area (Å²) in [5.41, 5.74) is 0.514. The standard InChI is InChI=1S/C11H9ClFNO3/c12-6-17-4-3-14-9-2-1-7(13)5-8(9)10(15)11(14)16/h1-2,5H,3-4,6H2. The Kier molecular flexibility index (Phi) is 3.40. The van der Waals surface area contributed by atoms with Gasteiger partial charge in [0.25, 0.3) is 11.7 Å². The molecule has 6 heteroatoms. The van der Waals surface area contributed by atoms with Crippen molar-refractivity contribution in [2.75, 3.05) is 24.1 Å². The summed E-state index contributed by atoms with van der Waals surface area (Å²) in [5, 5.41) is 0. The molecule has 0 spiro atoms. The number of carbonyl (C=O) groups is 2. The average Bonchev–Trinajstić information content (AvgIpc) is 2.54.